The standard InChI is InChI=1S/C17H20O2/c1-5-12-9-16(17(18)19-4)14-8-6-7-13(11(2)3)10-15(12)14/h6-11H,5H2,1-4H3. The predicted molar refractivity (Wildman–Crippen MR) is 77.9 cm³/mol. The van der Waals surface area contributed by atoms with Gasteiger partial charge in [-0.3, -0.25) is 0 Å². The number of ether oxygens (including phenoxy) is 1. The summed E-state index contributed by atoms with van der Waals surface area (Å²) >= 11 is 0. The molecule has 2 heteroatoms. The van der Waals surface area contributed by atoms with E-state index < -0.39 is 0 Å². The van der Waals surface area contributed by atoms with Crippen molar-refractivity contribution in [3.63, 3.8) is 0 Å². The van der Waals surface area contributed by atoms with Crippen LogP contribution in [0.1, 0.15) is 48.2 Å². The van der Waals surface area contributed by atoms with Crippen molar-refractivity contribution >= 4 is 5.97 Å². The van der Waals surface area contributed by atoms with Crippen molar-refractivity contribution in [2.75, 3.05) is 7.11 Å². The quantitative estimate of drug-likeness (QED) is 0.767. The first-order valence-electron chi connectivity index (χ1n) is 6.72. The summed E-state index contributed by atoms with van der Waals surface area (Å²) in [6.07, 6.45) is 0.912. The lowest BCUT2D eigenvalue weighted by molar-refractivity contribution is 0.0602. The molecule has 2 aliphatic carbocycles. The van der Waals surface area contributed by atoms with E-state index in [2.05, 4.69) is 32.9 Å². The van der Waals surface area contributed by atoms with Gasteiger partial charge in [-0.05, 0) is 40.7 Å². The molecule has 0 saturated heterocycles. The van der Waals surface area contributed by atoms with Gasteiger partial charge in [-0.2, -0.15) is 0 Å². The van der Waals surface area contributed by atoms with Gasteiger partial charge in [-0.15, -0.1) is 0 Å². The van der Waals surface area contributed by atoms with Crippen LogP contribution in [0.25, 0.3) is 11.1 Å². The smallest absolute Gasteiger partial charge is 0.338 e. The van der Waals surface area contributed by atoms with Gasteiger partial charge in [0.15, 0.2) is 0 Å². The van der Waals surface area contributed by atoms with Gasteiger partial charge < -0.3 is 4.74 Å². The Bertz CT molecular complexity index is 570. The number of fused-ring (bicyclic) bond motifs is 1. The maximum Gasteiger partial charge on any atom is 0.338 e. The third-order valence-electron chi connectivity index (χ3n) is 3.56. The maximum atomic E-state index is 11.9. The van der Waals surface area contributed by atoms with Crippen molar-refractivity contribution in [1.29, 1.82) is 0 Å². The van der Waals surface area contributed by atoms with Gasteiger partial charge in [0.2, 0.25) is 0 Å². The van der Waals surface area contributed by atoms with Gasteiger partial charge in [0, 0.05) is 0 Å². The molecule has 0 radical (unpaired) electrons. The average Bonchev–Trinajstić information content (AvgIpc) is 2.60. The minimum atomic E-state index is -0.262. The number of carbonyl (C=O) groups excluding carboxylic acids is 1. The molecule has 0 bridgehead atoms. The van der Waals surface area contributed by atoms with Crippen LogP contribution in [0.4, 0.5) is 0 Å². The summed E-state index contributed by atoms with van der Waals surface area (Å²) in [6.45, 7) is 6.46. The molecule has 0 heterocycles. The molecular weight excluding hydrogens is 236 g/mol. The van der Waals surface area contributed by atoms with E-state index in [0.717, 1.165) is 17.5 Å². The molecule has 2 rings (SSSR count). The van der Waals surface area contributed by atoms with Gasteiger partial charge >= 0.3 is 5.97 Å². The molecule has 0 aromatic rings. The highest BCUT2D eigenvalue weighted by Gasteiger charge is 2.20. The van der Waals surface area contributed by atoms with Gasteiger partial charge in [-0.1, -0.05) is 45.0 Å². The molecule has 0 N–H and O–H groups in total. The zero-order valence-electron chi connectivity index (χ0n) is 12.0. The molecule has 0 aromatic carbocycles. The Kier molecular flexibility index (Phi) is 3.89. The molecule has 0 spiro atoms. The summed E-state index contributed by atoms with van der Waals surface area (Å²) in [5, 5.41) is 0. The molecule has 2 nitrogen and oxygen atoms in total. The van der Waals surface area contributed by atoms with Crippen molar-refractivity contribution in [3.8, 4) is 11.1 Å². The summed E-state index contributed by atoms with van der Waals surface area (Å²) in [5.41, 5.74) is 5.30. The summed E-state index contributed by atoms with van der Waals surface area (Å²) in [6, 6.07) is 10.3. The van der Waals surface area contributed by atoms with Crippen molar-refractivity contribution < 1.29 is 9.53 Å². The van der Waals surface area contributed by atoms with Gasteiger partial charge in [0.25, 0.3) is 0 Å². The van der Waals surface area contributed by atoms with Crippen LogP contribution in [0.5, 0.6) is 0 Å². The van der Waals surface area contributed by atoms with E-state index in [1.807, 2.05) is 18.2 Å². The van der Waals surface area contributed by atoms with Crippen molar-refractivity contribution in [3.05, 3.63) is 47.0 Å². The third kappa shape index (κ3) is 2.48. The van der Waals surface area contributed by atoms with Crippen LogP contribution in [-0.2, 0) is 11.2 Å². The largest absolute Gasteiger partial charge is 0.465 e. The lowest BCUT2D eigenvalue weighted by Crippen LogP contribution is -2.00. The molecule has 0 aliphatic heterocycles. The Morgan fingerprint density at radius 3 is 2.53 bits per heavy atom. The molecule has 2 aliphatic rings. The summed E-state index contributed by atoms with van der Waals surface area (Å²) in [5.74, 6) is 0.207. The predicted octanol–water partition coefficient (Wildman–Crippen LogP) is 4.26. The van der Waals surface area contributed by atoms with Crippen LogP contribution in [0, 0.1) is 0 Å². The first-order valence-corrected chi connectivity index (χ1v) is 6.72. The second kappa shape index (κ2) is 5.43. The summed E-state index contributed by atoms with van der Waals surface area (Å²) in [4.78, 5) is 11.9. The Morgan fingerprint density at radius 1 is 1.21 bits per heavy atom. The number of aryl methyl sites for hydroxylation is 1. The third-order valence-corrected chi connectivity index (χ3v) is 3.56. The molecular formula is C17H20O2. The van der Waals surface area contributed by atoms with E-state index in [1.165, 1.54) is 18.2 Å². The fraction of sp³-hybridized carbons (Fsp3) is 0.353. The van der Waals surface area contributed by atoms with Crippen molar-refractivity contribution in [2.24, 2.45) is 0 Å². The van der Waals surface area contributed by atoms with Gasteiger partial charge in [0.05, 0.1) is 12.7 Å². The second-order valence-corrected chi connectivity index (χ2v) is 5.08. The summed E-state index contributed by atoms with van der Waals surface area (Å²) in [7, 11) is 1.43. The van der Waals surface area contributed by atoms with E-state index in [4.69, 9.17) is 4.74 Å². The van der Waals surface area contributed by atoms with Crippen molar-refractivity contribution in [2.45, 2.75) is 33.1 Å². The average molecular weight is 256 g/mol. The molecule has 0 unspecified atom stereocenters. The first kappa shape index (κ1) is 13.6. The van der Waals surface area contributed by atoms with Crippen LogP contribution < -0.4 is 0 Å². The fourth-order valence-corrected chi connectivity index (χ4v) is 2.40. The zero-order valence-corrected chi connectivity index (χ0v) is 12.0. The number of methoxy groups -OCH3 is 1. The highest BCUT2D eigenvalue weighted by atomic mass is 16.5. The molecule has 19 heavy (non-hydrogen) atoms. The molecule has 0 saturated carbocycles. The molecule has 100 valence electrons. The Hall–Kier alpha value is -1.83. The second-order valence-electron chi connectivity index (χ2n) is 5.08. The van der Waals surface area contributed by atoms with Crippen LogP contribution >= 0.6 is 0 Å². The minimum absolute atomic E-state index is 0.262. The minimum Gasteiger partial charge on any atom is -0.465 e. The monoisotopic (exact) mass is 256 g/mol. The van der Waals surface area contributed by atoms with Gasteiger partial charge in [0.1, 0.15) is 0 Å². The summed E-state index contributed by atoms with van der Waals surface area (Å²) < 4.78 is 4.87. The fourth-order valence-electron chi connectivity index (χ4n) is 2.40. The molecule has 0 fully saturated rings. The molecule has 0 amide bonds. The van der Waals surface area contributed by atoms with Crippen LogP contribution in [0.2, 0.25) is 0 Å². The number of hydrogen-bond donors (Lipinski definition) is 0. The first-order chi connectivity index (χ1) is 9.08. The SMILES string of the molecule is CCc1cc(C(=O)OC)c2cccc(C(C)C)cc1-2. The lowest BCUT2D eigenvalue weighted by atomic mass is 10.0. The maximum absolute atomic E-state index is 11.9. The van der Waals surface area contributed by atoms with Crippen LogP contribution in [0.15, 0.2) is 30.3 Å². The number of hydrogen-bond acceptors (Lipinski definition) is 2. The Morgan fingerprint density at radius 2 is 1.95 bits per heavy atom. The molecule has 0 atom stereocenters. The van der Waals surface area contributed by atoms with E-state index in [-0.39, 0.29) is 5.97 Å². The van der Waals surface area contributed by atoms with Crippen LogP contribution in [0.3, 0.4) is 0 Å². The normalized spacial score (nSPS) is 11.0. The van der Waals surface area contributed by atoms with E-state index in [0.29, 0.717) is 11.5 Å². The lowest BCUT2D eigenvalue weighted by Gasteiger charge is -2.04. The molecule has 0 aromatic heterocycles. The van der Waals surface area contributed by atoms with E-state index in [1.54, 1.807) is 0 Å². The Labute approximate surface area is 114 Å². The van der Waals surface area contributed by atoms with Crippen LogP contribution in [-0.4, -0.2) is 13.1 Å². The highest BCUT2D eigenvalue weighted by Crippen LogP contribution is 2.34. The Balaban J connectivity index is 2.67. The highest BCUT2D eigenvalue weighted by molar-refractivity contribution is 6.00. The topological polar surface area (TPSA) is 26.3 Å². The number of rotatable bonds is 3. The number of carbonyl (C=O) groups is 1. The van der Waals surface area contributed by atoms with Gasteiger partial charge in [-0.25, -0.2) is 4.79 Å². The van der Waals surface area contributed by atoms with E-state index >= 15 is 0 Å². The zero-order chi connectivity index (χ0) is 14.0. The van der Waals surface area contributed by atoms with E-state index in [9.17, 15) is 4.79 Å². The number of esters is 1. The van der Waals surface area contributed by atoms with Crippen molar-refractivity contribution in [1.82, 2.24) is 0 Å².